The third kappa shape index (κ3) is 1.12. The first-order chi connectivity index (χ1) is 9.16. The molecule has 4 aliphatic rings. The number of epoxide rings is 1. The van der Waals surface area contributed by atoms with E-state index in [4.69, 9.17) is 9.47 Å². The van der Waals surface area contributed by atoms with Crippen LogP contribution >= 0.6 is 0 Å². The second-order valence-electron chi connectivity index (χ2n) is 8.01. The van der Waals surface area contributed by atoms with E-state index in [1.54, 1.807) is 0 Å². The van der Waals surface area contributed by atoms with E-state index in [2.05, 4.69) is 19.6 Å². The zero-order valence-electron chi connectivity index (χ0n) is 12.5. The minimum absolute atomic E-state index is 0.0702. The zero-order valence-corrected chi connectivity index (χ0v) is 13.5. The van der Waals surface area contributed by atoms with Gasteiger partial charge in [0.2, 0.25) is 0 Å². The largest absolute Gasteiger partial charge is 0.458 e. The highest BCUT2D eigenvalue weighted by Crippen LogP contribution is 2.73. The van der Waals surface area contributed by atoms with Crippen LogP contribution in [0.5, 0.6) is 0 Å². The number of hydrogen-bond donors (Lipinski definition) is 1. The maximum Gasteiger partial charge on any atom is 0.334 e. The Morgan fingerprint density at radius 3 is 2.75 bits per heavy atom. The molecule has 3 fully saturated rings. The van der Waals surface area contributed by atoms with Gasteiger partial charge in [-0.3, -0.25) is 0 Å². The molecule has 4 rings (SSSR count). The lowest BCUT2D eigenvalue weighted by Gasteiger charge is -2.34. The molecule has 1 spiro atoms. The number of ether oxygens (including phenoxy) is 2. The van der Waals surface area contributed by atoms with Crippen molar-refractivity contribution in [1.82, 2.24) is 0 Å². The van der Waals surface area contributed by atoms with Crippen molar-refractivity contribution >= 4 is 14.0 Å². The fourth-order valence-corrected chi connectivity index (χ4v) is 8.09. The van der Waals surface area contributed by atoms with E-state index in [1.807, 2.05) is 13.0 Å². The summed E-state index contributed by atoms with van der Waals surface area (Å²) in [6.07, 6.45) is 4.08. The Morgan fingerprint density at radius 2 is 2.10 bits per heavy atom. The average Bonchev–Trinajstić information content (AvgIpc) is 2.84. The molecule has 0 aromatic rings. The molecule has 1 N–H and O–H groups in total. The molecular weight excluding hydrogens is 272 g/mol. The lowest BCUT2D eigenvalue weighted by molar-refractivity contribution is -0.139. The average molecular weight is 294 g/mol. The summed E-state index contributed by atoms with van der Waals surface area (Å²) in [6, 6.07) is 0. The molecule has 0 radical (unpaired) electrons. The van der Waals surface area contributed by atoms with Crippen LogP contribution in [0.4, 0.5) is 0 Å². The maximum atomic E-state index is 12.1. The molecule has 5 heteroatoms. The van der Waals surface area contributed by atoms with Crippen LogP contribution in [0.1, 0.15) is 26.2 Å². The molecule has 0 amide bonds. The van der Waals surface area contributed by atoms with Gasteiger partial charge in [0.05, 0.1) is 24.8 Å². The van der Waals surface area contributed by atoms with Crippen molar-refractivity contribution in [2.75, 3.05) is 0 Å². The van der Waals surface area contributed by atoms with Gasteiger partial charge >= 0.3 is 5.97 Å². The van der Waals surface area contributed by atoms with Gasteiger partial charge < -0.3 is 14.6 Å². The molecule has 4 nitrogen and oxygen atoms in total. The Hall–Kier alpha value is -0.653. The molecule has 0 aromatic heterocycles. The summed E-state index contributed by atoms with van der Waals surface area (Å²) >= 11 is 0. The summed E-state index contributed by atoms with van der Waals surface area (Å²) < 4.78 is 11.9. The summed E-state index contributed by atoms with van der Waals surface area (Å²) in [5, 5.41) is 10.8. The van der Waals surface area contributed by atoms with Gasteiger partial charge in [0.15, 0.2) is 0 Å². The third-order valence-electron chi connectivity index (χ3n) is 6.00. The first-order valence-electron chi connectivity index (χ1n) is 7.50. The smallest absolute Gasteiger partial charge is 0.334 e. The van der Waals surface area contributed by atoms with Gasteiger partial charge in [0.25, 0.3) is 0 Å². The summed E-state index contributed by atoms with van der Waals surface area (Å²) in [7, 11) is -1.66. The van der Waals surface area contributed by atoms with Crippen LogP contribution < -0.4 is 0 Å². The van der Waals surface area contributed by atoms with Crippen LogP contribution in [-0.2, 0) is 14.3 Å². The van der Waals surface area contributed by atoms with Gasteiger partial charge in [-0.25, -0.2) is 4.79 Å². The first-order valence-corrected chi connectivity index (χ1v) is 11.0. The summed E-state index contributed by atoms with van der Waals surface area (Å²) in [4.78, 5) is 12.1. The Kier molecular flexibility index (Phi) is 2.11. The fourth-order valence-electron chi connectivity index (χ4n) is 5.19. The first kappa shape index (κ1) is 13.0. The summed E-state index contributed by atoms with van der Waals surface area (Å²) in [6.45, 7) is 8.76. The lowest BCUT2D eigenvalue weighted by Crippen LogP contribution is -2.55. The molecular formula is C15H22O4Si. The fraction of sp³-hybridized carbons (Fsp3) is 0.800. The van der Waals surface area contributed by atoms with Gasteiger partial charge in [-0.15, -0.1) is 0 Å². The van der Waals surface area contributed by atoms with Crippen molar-refractivity contribution < 1.29 is 19.4 Å². The molecule has 1 saturated carbocycles. The molecule has 2 aliphatic carbocycles. The molecule has 0 bridgehead atoms. The molecule has 2 aliphatic heterocycles. The van der Waals surface area contributed by atoms with Crippen molar-refractivity contribution in [2.24, 2.45) is 5.92 Å². The van der Waals surface area contributed by atoms with Gasteiger partial charge in [0, 0.05) is 12.0 Å². The molecule has 0 unspecified atom stereocenters. The molecule has 2 saturated heterocycles. The second-order valence-corrected chi connectivity index (χ2v) is 13.3. The van der Waals surface area contributed by atoms with Crippen molar-refractivity contribution in [2.45, 2.75) is 68.4 Å². The van der Waals surface area contributed by atoms with Crippen LogP contribution in [0.3, 0.4) is 0 Å². The maximum absolute atomic E-state index is 12.1. The molecule has 2 heterocycles. The third-order valence-corrected chi connectivity index (χ3v) is 9.15. The molecule has 20 heavy (non-hydrogen) atoms. The SMILES string of the molecule is C[C@]1(O)C[C@H]2OC(=O)C3=CCC[C@@]4([Si](C)(C)C)O[C@]14[C@H]32. The quantitative estimate of drug-likeness (QED) is 0.455. The molecule has 0 aromatic carbocycles. The Morgan fingerprint density at radius 1 is 1.40 bits per heavy atom. The van der Waals surface area contributed by atoms with E-state index >= 15 is 0 Å². The predicted octanol–water partition coefficient (Wildman–Crippen LogP) is 1.79. The molecule has 110 valence electrons. The normalized spacial score (nSPS) is 52.9. The topological polar surface area (TPSA) is 59.1 Å². The monoisotopic (exact) mass is 294 g/mol. The van der Waals surface area contributed by atoms with Crippen molar-refractivity contribution in [3.63, 3.8) is 0 Å². The number of carbonyl (C=O) groups is 1. The van der Waals surface area contributed by atoms with E-state index in [1.165, 1.54) is 0 Å². The summed E-state index contributed by atoms with van der Waals surface area (Å²) in [5.41, 5.74) is -0.749. The van der Waals surface area contributed by atoms with E-state index < -0.39 is 19.3 Å². The van der Waals surface area contributed by atoms with E-state index in [-0.39, 0.29) is 23.2 Å². The highest BCUT2D eigenvalue weighted by molar-refractivity contribution is 6.80. The minimum atomic E-state index is -1.66. The highest BCUT2D eigenvalue weighted by Gasteiger charge is 2.88. The Bertz CT molecular complexity index is 547. The molecule has 5 atom stereocenters. The van der Waals surface area contributed by atoms with E-state index in [0.29, 0.717) is 6.42 Å². The minimum Gasteiger partial charge on any atom is -0.458 e. The van der Waals surface area contributed by atoms with Gasteiger partial charge in [0.1, 0.15) is 11.7 Å². The second kappa shape index (κ2) is 3.23. The van der Waals surface area contributed by atoms with E-state index in [9.17, 15) is 9.90 Å². The van der Waals surface area contributed by atoms with Crippen molar-refractivity contribution in [1.29, 1.82) is 0 Å². The number of aliphatic hydroxyl groups is 1. The zero-order chi connectivity index (χ0) is 14.6. The number of carbonyl (C=O) groups excluding carboxylic acids is 1. The number of hydrogen-bond acceptors (Lipinski definition) is 4. The van der Waals surface area contributed by atoms with Crippen LogP contribution in [0, 0.1) is 5.92 Å². The Labute approximate surface area is 120 Å². The van der Waals surface area contributed by atoms with Gasteiger partial charge in [-0.1, -0.05) is 25.7 Å². The van der Waals surface area contributed by atoms with Crippen LogP contribution in [0.25, 0.3) is 0 Å². The van der Waals surface area contributed by atoms with Crippen molar-refractivity contribution in [3.05, 3.63) is 11.6 Å². The standard InChI is InChI=1S/C15H22O4Si/c1-13(17)8-10-11-9(12(16)18-10)6-5-7-14(20(2,3)4)15(11,13)19-14/h6,10-11,17H,5,7-8H2,1-4H3/t10-,11-,13+,14+,15-/m1/s1. The van der Waals surface area contributed by atoms with Crippen LogP contribution in [0.15, 0.2) is 11.6 Å². The van der Waals surface area contributed by atoms with Gasteiger partial charge in [-0.2, -0.15) is 0 Å². The number of allylic oxidation sites excluding steroid dienone is 1. The van der Waals surface area contributed by atoms with Crippen LogP contribution in [-0.4, -0.2) is 41.7 Å². The van der Waals surface area contributed by atoms with Crippen LogP contribution in [0.2, 0.25) is 19.6 Å². The number of rotatable bonds is 1. The highest BCUT2D eigenvalue weighted by atomic mass is 28.3. The number of esters is 1. The van der Waals surface area contributed by atoms with E-state index in [0.717, 1.165) is 18.4 Å². The van der Waals surface area contributed by atoms with Gasteiger partial charge in [-0.05, 0) is 19.8 Å². The van der Waals surface area contributed by atoms with Crippen molar-refractivity contribution in [3.8, 4) is 0 Å². The Balaban J connectivity index is 1.92. The lowest BCUT2D eigenvalue weighted by atomic mass is 9.80. The predicted molar refractivity (Wildman–Crippen MR) is 75.8 cm³/mol. The summed E-state index contributed by atoms with van der Waals surface area (Å²) in [5.74, 6) is -0.268.